The number of hydrogen-bond donors (Lipinski definition) is 1. The molecule has 2 aromatic carbocycles. The number of amides is 1. The van der Waals surface area contributed by atoms with Crippen LogP contribution in [0.3, 0.4) is 0 Å². The topological polar surface area (TPSA) is 60.5 Å². The molecule has 0 radical (unpaired) electrons. The third-order valence-corrected chi connectivity index (χ3v) is 4.88. The molecule has 0 saturated carbocycles. The van der Waals surface area contributed by atoms with E-state index in [4.69, 9.17) is 9.47 Å². The van der Waals surface area contributed by atoms with Gasteiger partial charge in [-0.25, -0.2) is 4.98 Å². The van der Waals surface area contributed by atoms with Gasteiger partial charge in [0, 0.05) is 17.5 Å². The maximum atomic E-state index is 12.3. The quantitative estimate of drug-likeness (QED) is 0.635. The van der Waals surface area contributed by atoms with Gasteiger partial charge in [-0.2, -0.15) is 0 Å². The number of carbonyl (C=O) groups is 1. The highest BCUT2D eigenvalue weighted by Gasteiger charge is 2.12. The van der Waals surface area contributed by atoms with Crippen molar-refractivity contribution >= 4 is 17.2 Å². The smallest absolute Gasteiger partial charge is 0.270 e. The molecule has 0 aliphatic rings. The molecule has 0 bridgehead atoms. The molecule has 0 aliphatic heterocycles. The fourth-order valence-electron chi connectivity index (χ4n) is 2.60. The minimum atomic E-state index is -0.160. The largest absolute Gasteiger partial charge is 0.497 e. The second kappa shape index (κ2) is 9.19. The van der Waals surface area contributed by atoms with Crippen molar-refractivity contribution in [2.45, 2.75) is 13.3 Å². The Morgan fingerprint density at radius 1 is 1.15 bits per heavy atom. The Hall–Kier alpha value is -2.86. The van der Waals surface area contributed by atoms with Gasteiger partial charge in [0.1, 0.15) is 22.2 Å². The van der Waals surface area contributed by atoms with Crippen molar-refractivity contribution in [3.63, 3.8) is 0 Å². The van der Waals surface area contributed by atoms with Crippen LogP contribution in [-0.2, 0) is 6.42 Å². The Labute approximate surface area is 163 Å². The number of aromatic nitrogens is 1. The van der Waals surface area contributed by atoms with Crippen LogP contribution in [-0.4, -0.2) is 31.2 Å². The van der Waals surface area contributed by atoms with E-state index >= 15 is 0 Å². The molecule has 0 fully saturated rings. The van der Waals surface area contributed by atoms with Crippen LogP contribution in [0, 0.1) is 0 Å². The zero-order valence-corrected chi connectivity index (χ0v) is 16.2. The minimum Gasteiger partial charge on any atom is -0.497 e. The van der Waals surface area contributed by atoms with Gasteiger partial charge >= 0.3 is 0 Å². The third kappa shape index (κ3) is 5.08. The molecule has 0 aliphatic carbocycles. The first-order valence-corrected chi connectivity index (χ1v) is 9.67. The van der Waals surface area contributed by atoms with E-state index in [1.54, 1.807) is 12.5 Å². The van der Waals surface area contributed by atoms with Crippen LogP contribution < -0.4 is 14.8 Å². The van der Waals surface area contributed by atoms with Crippen molar-refractivity contribution in [2.24, 2.45) is 0 Å². The molecule has 6 heteroatoms. The molecular formula is C21H22N2O3S. The van der Waals surface area contributed by atoms with Crippen LogP contribution in [0.25, 0.3) is 10.6 Å². The van der Waals surface area contributed by atoms with Gasteiger partial charge in [-0.15, -0.1) is 11.3 Å². The van der Waals surface area contributed by atoms with E-state index in [1.165, 1.54) is 11.3 Å². The van der Waals surface area contributed by atoms with Gasteiger partial charge in [0.2, 0.25) is 0 Å². The first-order valence-electron chi connectivity index (χ1n) is 8.79. The minimum absolute atomic E-state index is 0.160. The van der Waals surface area contributed by atoms with Crippen LogP contribution >= 0.6 is 11.3 Å². The molecule has 3 rings (SSSR count). The highest BCUT2D eigenvalue weighted by Crippen LogP contribution is 2.27. The van der Waals surface area contributed by atoms with Crippen LogP contribution in [0.15, 0.2) is 53.9 Å². The van der Waals surface area contributed by atoms with Gasteiger partial charge < -0.3 is 14.8 Å². The maximum Gasteiger partial charge on any atom is 0.270 e. The number of nitrogens with one attached hydrogen (secondary N) is 1. The number of ether oxygens (including phenoxy) is 2. The fraction of sp³-hybridized carbons (Fsp3) is 0.238. The Morgan fingerprint density at radius 2 is 1.96 bits per heavy atom. The van der Waals surface area contributed by atoms with Gasteiger partial charge in [0.15, 0.2) is 0 Å². The monoisotopic (exact) mass is 382 g/mol. The normalized spacial score (nSPS) is 10.4. The molecular weight excluding hydrogens is 360 g/mol. The van der Waals surface area contributed by atoms with Crippen LogP contribution in [0.1, 0.15) is 23.0 Å². The van der Waals surface area contributed by atoms with E-state index in [0.717, 1.165) is 34.1 Å². The Morgan fingerprint density at radius 3 is 2.70 bits per heavy atom. The van der Waals surface area contributed by atoms with Gasteiger partial charge in [0.25, 0.3) is 5.91 Å². The van der Waals surface area contributed by atoms with Crippen LogP contribution in [0.2, 0.25) is 0 Å². The molecule has 0 unspecified atom stereocenters. The molecule has 1 heterocycles. The Kier molecular flexibility index (Phi) is 6.44. The predicted octanol–water partition coefficient (Wildman–Crippen LogP) is 4.19. The molecule has 140 valence electrons. The van der Waals surface area contributed by atoms with E-state index in [0.29, 0.717) is 18.8 Å². The summed E-state index contributed by atoms with van der Waals surface area (Å²) in [6.45, 7) is 3.12. The summed E-state index contributed by atoms with van der Waals surface area (Å²) in [5, 5.41) is 5.51. The zero-order chi connectivity index (χ0) is 19.1. The van der Waals surface area contributed by atoms with Crippen molar-refractivity contribution in [3.8, 4) is 22.1 Å². The van der Waals surface area contributed by atoms with Crippen LogP contribution in [0.4, 0.5) is 0 Å². The lowest BCUT2D eigenvalue weighted by Gasteiger charge is -2.05. The van der Waals surface area contributed by atoms with E-state index in [2.05, 4.69) is 10.3 Å². The second-order valence-corrected chi connectivity index (χ2v) is 6.71. The number of hydrogen-bond acceptors (Lipinski definition) is 5. The summed E-state index contributed by atoms with van der Waals surface area (Å²) in [5.74, 6) is 1.47. The lowest BCUT2D eigenvalue weighted by molar-refractivity contribution is 0.0950. The number of methoxy groups -OCH3 is 1. The molecule has 1 aromatic heterocycles. The van der Waals surface area contributed by atoms with Crippen molar-refractivity contribution < 1.29 is 14.3 Å². The summed E-state index contributed by atoms with van der Waals surface area (Å²) in [6, 6.07) is 15.6. The first-order chi connectivity index (χ1) is 13.2. The molecule has 5 nitrogen and oxygen atoms in total. The summed E-state index contributed by atoms with van der Waals surface area (Å²) < 4.78 is 10.7. The molecule has 0 spiro atoms. The second-order valence-electron chi connectivity index (χ2n) is 5.85. The number of nitrogens with zero attached hydrogens (tertiary/aromatic N) is 1. The van der Waals surface area contributed by atoms with E-state index in [9.17, 15) is 4.79 Å². The summed E-state index contributed by atoms with van der Waals surface area (Å²) in [5.41, 5.74) is 2.53. The number of carbonyl (C=O) groups excluding carboxylic acids is 1. The average Bonchev–Trinajstić information content (AvgIpc) is 3.19. The Bertz CT molecular complexity index is 890. The molecule has 0 saturated heterocycles. The highest BCUT2D eigenvalue weighted by atomic mass is 32.1. The van der Waals surface area contributed by atoms with Crippen molar-refractivity contribution in [2.75, 3.05) is 20.3 Å². The molecule has 0 atom stereocenters. The molecule has 1 amide bonds. The van der Waals surface area contributed by atoms with Crippen molar-refractivity contribution in [3.05, 3.63) is 65.2 Å². The highest BCUT2D eigenvalue weighted by molar-refractivity contribution is 7.13. The summed E-state index contributed by atoms with van der Waals surface area (Å²) in [7, 11) is 1.64. The number of thiazole rings is 1. The number of benzene rings is 2. The zero-order valence-electron chi connectivity index (χ0n) is 15.4. The molecule has 27 heavy (non-hydrogen) atoms. The van der Waals surface area contributed by atoms with Gasteiger partial charge in [0.05, 0.1) is 13.7 Å². The number of rotatable bonds is 8. The fourth-order valence-corrected chi connectivity index (χ4v) is 3.40. The Balaban J connectivity index is 1.57. The average molecular weight is 382 g/mol. The summed E-state index contributed by atoms with van der Waals surface area (Å²) >= 11 is 1.45. The van der Waals surface area contributed by atoms with Crippen molar-refractivity contribution in [1.82, 2.24) is 10.3 Å². The molecule has 3 aromatic rings. The first kappa shape index (κ1) is 18.9. The van der Waals surface area contributed by atoms with Gasteiger partial charge in [-0.3, -0.25) is 4.79 Å². The molecule has 1 N–H and O–H groups in total. The van der Waals surface area contributed by atoms with E-state index in [1.807, 2.05) is 55.5 Å². The van der Waals surface area contributed by atoms with Gasteiger partial charge in [-0.1, -0.05) is 24.3 Å². The SMILES string of the molecule is CCOc1cccc(-c2nc(C(=O)NCCc3ccc(OC)cc3)cs2)c1. The van der Waals surface area contributed by atoms with E-state index < -0.39 is 0 Å². The maximum absolute atomic E-state index is 12.3. The van der Waals surface area contributed by atoms with E-state index in [-0.39, 0.29) is 5.91 Å². The predicted molar refractivity (Wildman–Crippen MR) is 108 cm³/mol. The summed E-state index contributed by atoms with van der Waals surface area (Å²) in [4.78, 5) is 16.8. The lowest BCUT2D eigenvalue weighted by Crippen LogP contribution is -2.25. The lowest BCUT2D eigenvalue weighted by atomic mass is 10.1. The van der Waals surface area contributed by atoms with Gasteiger partial charge in [-0.05, 0) is 43.2 Å². The standard InChI is InChI=1S/C21H22N2O3S/c1-3-26-18-6-4-5-16(13-18)21-23-19(14-27-21)20(24)22-12-11-15-7-9-17(25-2)10-8-15/h4-10,13-14H,3,11-12H2,1-2H3,(H,22,24). The van der Waals surface area contributed by atoms with Crippen LogP contribution in [0.5, 0.6) is 11.5 Å². The summed E-state index contributed by atoms with van der Waals surface area (Å²) in [6.07, 6.45) is 0.753. The third-order valence-electron chi connectivity index (χ3n) is 3.99. The van der Waals surface area contributed by atoms with Crippen molar-refractivity contribution in [1.29, 1.82) is 0 Å².